The van der Waals surface area contributed by atoms with E-state index < -0.39 is 10.0 Å². The number of nitrogens with one attached hydrogen (secondary N) is 1. The molecule has 0 aliphatic heterocycles. The molecule has 4 heterocycles. The molecule has 15 heteroatoms. The lowest BCUT2D eigenvalue weighted by atomic mass is 10.0. The number of nitrogens with zero attached hydrogens (tertiary/aromatic N) is 5. The molecule has 1 N–H and O–H groups in total. The van der Waals surface area contributed by atoms with Gasteiger partial charge in [0.2, 0.25) is 11.6 Å². The van der Waals surface area contributed by atoms with Gasteiger partial charge in [-0.15, -0.1) is 0 Å². The molecule has 5 aromatic carbocycles. The maximum atomic E-state index is 13.4. The Bertz CT molecular complexity index is 3330. The smallest absolute Gasteiger partial charge is 0.268 e. The zero-order valence-electron chi connectivity index (χ0n) is 37.0. The van der Waals surface area contributed by atoms with Crippen LogP contribution in [0.4, 0.5) is 0 Å². The Kier molecular flexibility index (Phi) is 11.9. The fraction of sp³-hybridized carbons (Fsp3) is 0.160. The number of carbonyl (C=O) groups excluding carboxylic acids is 2. The number of para-hydroxylation sites is 2. The summed E-state index contributed by atoms with van der Waals surface area (Å²) in [5.74, 6) is 2.93. The Labute approximate surface area is 375 Å². The van der Waals surface area contributed by atoms with Gasteiger partial charge >= 0.3 is 0 Å². The molecule has 0 bridgehead atoms. The van der Waals surface area contributed by atoms with Crippen LogP contribution in [0, 0.1) is 13.8 Å². The first-order valence-electron chi connectivity index (χ1n) is 20.4. The Hall–Kier alpha value is -7.91. The number of hydrogen-bond acceptors (Lipinski definition) is 10. The van der Waals surface area contributed by atoms with Gasteiger partial charge in [-0.1, -0.05) is 54.6 Å². The van der Waals surface area contributed by atoms with Gasteiger partial charge in [0.05, 0.1) is 45.0 Å². The average Bonchev–Trinajstić information content (AvgIpc) is 4.14. The van der Waals surface area contributed by atoms with Crippen molar-refractivity contribution in [3.05, 3.63) is 162 Å². The third-order valence-electron chi connectivity index (χ3n) is 11.3. The van der Waals surface area contributed by atoms with Crippen molar-refractivity contribution in [2.45, 2.75) is 18.7 Å². The van der Waals surface area contributed by atoms with Crippen LogP contribution in [0.2, 0.25) is 0 Å². The summed E-state index contributed by atoms with van der Waals surface area (Å²) < 4.78 is 53.6. The minimum absolute atomic E-state index is 0.176. The van der Waals surface area contributed by atoms with E-state index in [9.17, 15) is 18.0 Å². The normalized spacial score (nSPS) is 11.3. The molecule has 0 radical (unpaired) electrons. The van der Waals surface area contributed by atoms with E-state index in [1.54, 1.807) is 87.1 Å². The van der Waals surface area contributed by atoms with Gasteiger partial charge in [0, 0.05) is 82.4 Å². The number of benzene rings is 5. The van der Waals surface area contributed by atoms with Crippen LogP contribution in [0.3, 0.4) is 0 Å². The van der Waals surface area contributed by atoms with Crippen molar-refractivity contribution in [3.63, 3.8) is 0 Å². The highest BCUT2D eigenvalue weighted by molar-refractivity contribution is 7.90. The molecule has 65 heavy (non-hydrogen) atoms. The molecule has 0 aliphatic carbocycles. The maximum absolute atomic E-state index is 13.4. The molecule has 4 aromatic heterocycles. The van der Waals surface area contributed by atoms with E-state index in [-0.39, 0.29) is 22.2 Å². The lowest BCUT2D eigenvalue weighted by Gasteiger charge is -2.11. The quantitative estimate of drug-likeness (QED) is 0.117. The molecule has 0 saturated carbocycles. The Morgan fingerprint density at radius 3 is 1.68 bits per heavy atom. The van der Waals surface area contributed by atoms with Crippen molar-refractivity contribution < 1.29 is 37.0 Å². The first-order chi connectivity index (χ1) is 31.3. The standard InChI is InChI=1S/C27H23N3O5S.C23H23N3O3/c1-17-24(34-2)13-18(14-25(17)35-3)26(31)22-15-28-27(29-22)21-16-30(23-12-8-7-11-20(21)23)36(32,33)19-9-5-4-6-10-19;1-14-20(28-4)10-15(11-21(14)29-5)22(27)18-13-26(3)23(24-18)17-12-25(2)19-9-7-6-8-16(17)19/h4-16H,1-3H3,(H,28,29);6-13H,1-5H3. The van der Waals surface area contributed by atoms with Crippen LogP contribution >= 0.6 is 0 Å². The minimum atomic E-state index is -3.84. The van der Waals surface area contributed by atoms with Crippen LogP contribution in [0.15, 0.2) is 133 Å². The monoisotopic (exact) mass is 890 g/mol. The van der Waals surface area contributed by atoms with Crippen molar-refractivity contribution in [2.24, 2.45) is 14.1 Å². The lowest BCUT2D eigenvalue weighted by Crippen LogP contribution is -2.11. The summed E-state index contributed by atoms with van der Waals surface area (Å²) >= 11 is 0. The molecule has 0 fully saturated rings. The summed E-state index contributed by atoms with van der Waals surface area (Å²) in [7, 11) is 6.28. The van der Waals surface area contributed by atoms with Gasteiger partial charge in [-0.2, -0.15) is 0 Å². The molecule has 330 valence electrons. The van der Waals surface area contributed by atoms with Gasteiger partial charge in [0.25, 0.3) is 10.0 Å². The van der Waals surface area contributed by atoms with Gasteiger partial charge in [0.15, 0.2) is 0 Å². The van der Waals surface area contributed by atoms with Crippen molar-refractivity contribution >= 4 is 43.4 Å². The molecular weight excluding hydrogens is 845 g/mol. The van der Waals surface area contributed by atoms with Gasteiger partial charge < -0.3 is 33.1 Å². The molecule has 9 rings (SSSR count). The van der Waals surface area contributed by atoms with Crippen LogP contribution in [0.25, 0.3) is 44.6 Å². The van der Waals surface area contributed by atoms with Gasteiger partial charge in [-0.25, -0.2) is 22.4 Å². The van der Waals surface area contributed by atoms with Crippen LogP contribution in [-0.4, -0.2) is 76.5 Å². The largest absolute Gasteiger partial charge is 0.496 e. The number of H-pyrrole nitrogens is 1. The number of aromatic amines is 1. The van der Waals surface area contributed by atoms with Gasteiger partial charge in [-0.3, -0.25) is 9.59 Å². The molecule has 9 aromatic rings. The second kappa shape index (κ2) is 17.7. The number of ketones is 2. The molecular formula is C50H46N6O8S. The zero-order valence-corrected chi connectivity index (χ0v) is 37.9. The predicted octanol–water partition coefficient (Wildman–Crippen LogP) is 8.96. The number of methoxy groups -OCH3 is 4. The van der Waals surface area contributed by atoms with Crippen molar-refractivity contribution in [3.8, 4) is 45.8 Å². The van der Waals surface area contributed by atoms with Crippen LogP contribution < -0.4 is 18.9 Å². The molecule has 14 nitrogen and oxygen atoms in total. The summed E-state index contributed by atoms with van der Waals surface area (Å²) in [6.07, 6.45) is 6.77. The number of ether oxygens (including phenoxy) is 4. The van der Waals surface area contributed by atoms with E-state index in [0.717, 1.165) is 33.4 Å². The highest BCUT2D eigenvalue weighted by Gasteiger charge is 2.25. The number of aryl methyl sites for hydroxylation is 2. The fourth-order valence-corrected chi connectivity index (χ4v) is 9.29. The average molecular weight is 891 g/mol. The molecule has 0 aliphatic rings. The van der Waals surface area contributed by atoms with Crippen molar-refractivity contribution in [1.82, 2.24) is 28.1 Å². The van der Waals surface area contributed by atoms with Crippen LogP contribution in [0.1, 0.15) is 43.2 Å². The van der Waals surface area contributed by atoms with E-state index in [1.165, 1.54) is 30.6 Å². The van der Waals surface area contributed by atoms with E-state index in [1.807, 2.05) is 63.0 Å². The second-order valence-corrected chi connectivity index (χ2v) is 17.0. The maximum Gasteiger partial charge on any atom is 0.268 e. The Morgan fingerprint density at radius 2 is 1.11 bits per heavy atom. The highest BCUT2D eigenvalue weighted by atomic mass is 32.2. The lowest BCUT2D eigenvalue weighted by molar-refractivity contribution is 0.102. The van der Waals surface area contributed by atoms with Gasteiger partial charge in [0.1, 0.15) is 46.0 Å². The molecule has 0 amide bonds. The Morgan fingerprint density at radius 1 is 0.600 bits per heavy atom. The predicted molar refractivity (Wildman–Crippen MR) is 249 cm³/mol. The van der Waals surface area contributed by atoms with Crippen molar-refractivity contribution in [2.75, 3.05) is 28.4 Å². The first kappa shape index (κ1) is 43.7. The second-order valence-electron chi connectivity index (χ2n) is 15.2. The third-order valence-corrected chi connectivity index (χ3v) is 13.0. The van der Waals surface area contributed by atoms with E-state index in [2.05, 4.69) is 31.7 Å². The van der Waals surface area contributed by atoms with E-state index >= 15 is 0 Å². The highest BCUT2D eigenvalue weighted by Crippen LogP contribution is 2.35. The fourth-order valence-electron chi connectivity index (χ4n) is 7.90. The van der Waals surface area contributed by atoms with Crippen LogP contribution in [0.5, 0.6) is 23.0 Å². The topological polar surface area (TPSA) is 162 Å². The number of imidazole rings is 2. The Balaban J connectivity index is 0.000000181. The number of fused-ring (bicyclic) bond motifs is 2. The summed E-state index contributed by atoms with van der Waals surface area (Å²) in [5.41, 5.74) is 6.29. The summed E-state index contributed by atoms with van der Waals surface area (Å²) in [6.45, 7) is 3.74. The number of hydrogen-bond donors (Lipinski definition) is 1. The molecule has 0 unspecified atom stereocenters. The molecule has 0 atom stereocenters. The zero-order chi connectivity index (χ0) is 46.2. The van der Waals surface area contributed by atoms with Crippen LogP contribution in [-0.2, 0) is 24.1 Å². The van der Waals surface area contributed by atoms with E-state index in [0.29, 0.717) is 62.1 Å². The molecule has 0 saturated heterocycles. The summed E-state index contributed by atoms with van der Waals surface area (Å²) in [4.78, 5) is 38.8. The first-order valence-corrected chi connectivity index (χ1v) is 21.8. The van der Waals surface area contributed by atoms with Gasteiger partial charge in [-0.05, 0) is 62.4 Å². The van der Waals surface area contributed by atoms with E-state index in [4.69, 9.17) is 18.9 Å². The summed E-state index contributed by atoms with van der Waals surface area (Å²) in [5, 5.41) is 1.78. The number of aromatic nitrogens is 6. The summed E-state index contributed by atoms with van der Waals surface area (Å²) in [6, 6.07) is 30.3. The molecule has 0 spiro atoms. The number of carbonyl (C=O) groups is 2. The third kappa shape index (κ3) is 8.01. The minimum Gasteiger partial charge on any atom is -0.496 e. The number of rotatable bonds is 12. The SMILES string of the molecule is COc1cc(C(=O)c2cn(C)c(-c3cn(C)c4ccccc34)n2)cc(OC)c1C.COc1cc(C(=O)c2cnc(-c3cn(S(=O)(=O)c4ccccc4)c4ccccc34)[nH]2)cc(OC)c1C. The van der Waals surface area contributed by atoms with Crippen molar-refractivity contribution in [1.29, 1.82) is 0 Å².